The number of imidazole rings is 1. The largest absolute Gasteiger partial charge is 0.493 e. The monoisotopic (exact) mass is 381 g/mol. The number of aromatic nitrogens is 3. The van der Waals surface area contributed by atoms with Crippen LogP contribution in [0.5, 0.6) is 17.2 Å². The van der Waals surface area contributed by atoms with Crippen molar-refractivity contribution in [2.24, 2.45) is 0 Å². The van der Waals surface area contributed by atoms with Crippen LogP contribution in [-0.2, 0) is 6.54 Å². The van der Waals surface area contributed by atoms with Gasteiger partial charge in [0.05, 0.1) is 49.2 Å². The zero-order valence-electron chi connectivity index (χ0n) is 15.3. The molecular formula is C20H19N3O3S. The lowest BCUT2D eigenvalue weighted by Crippen LogP contribution is -2.03. The Morgan fingerprint density at radius 1 is 0.963 bits per heavy atom. The SMILES string of the molecule is COc1ccc(-c2nccn2Cc2cccc3ncsc23)c(OC)c1OC. The molecule has 2 aromatic heterocycles. The minimum Gasteiger partial charge on any atom is -0.493 e. The van der Waals surface area contributed by atoms with Gasteiger partial charge < -0.3 is 18.8 Å². The summed E-state index contributed by atoms with van der Waals surface area (Å²) in [4.78, 5) is 8.97. The lowest BCUT2D eigenvalue weighted by Gasteiger charge is -2.16. The van der Waals surface area contributed by atoms with Gasteiger partial charge >= 0.3 is 0 Å². The van der Waals surface area contributed by atoms with E-state index in [2.05, 4.69) is 20.6 Å². The lowest BCUT2D eigenvalue weighted by molar-refractivity contribution is 0.325. The summed E-state index contributed by atoms with van der Waals surface area (Å²) in [6.07, 6.45) is 3.75. The maximum atomic E-state index is 5.63. The molecule has 0 radical (unpaired) electrons. The van der Waals surface area contributed by atoms with E-state index in [1.807, 2.05) is 36.0 Å². The van der Waals surface area contributed by atoms with E-state index in [0.29, 0.717) is 23.8 Å². The number of thiazole rings is 1. The maximum absolute atomic E-state index is 5.63. The molecule has 0 aliphatic heterocycles. The van der Waals surface area contributed by atoms with Gasteiger partial charge in [-0.05, 0) is 23.8 Å². The molecule has 4 rings (SSSR count). The Balaban J connectivity index is 1.80. The lowest BCUT2D eigenvalue weighted by atomic mass is 10.1. The highest BCUT2D eigenvalue weighted by molar-refractivity contribution is 7.16. The number of methoxy groups -OCH3 is 3. The quantitative estimate of drug-likeness (QED) is 0.500. The van der Waals surface area contributed by atoms with Gasteiger partial charge in [0.15, 0.2) is 11.5 Å². The van der Waals surface area contributed by atoms with E-state index >= 15 is 0 Å². The molecule has 4 aromatic rings. The molecule has 2 heterocycles. The van der Waals surface area contributed by atoms with E-state index in [0.717, 1.165) is 16.9 Å². The van der Waals surface area contributed by atoms with Crippen LogP contribution in [0.3, 0.4) is 0 Å². The number of fused-ring (bicyclic) bond motifs is 1. The number of hydrogen-bond acceptors (Lipinski definition) is 6. The van der Waals surface area contributed by atoms with Gasteiger partial charge in [-0.15, -0.1) is 11.3 Å². The fourth-order valence-corrected chi connectivity index (χ4v) is 4.01. The highest BCUT2D eigenvalue weighted by Gasteiger charge is 2.20. The maximum Gasteiger partial charge on any atom is 0.204 e. The molecule has 0 aliphatic rings. The summed E-state index contributed by atoms with van der Waals surface area (Å²) >= 11 is 1.65. The minimum atomic E-state index is 0.552. The smallest absolute Gasteiger partial charge is 0.204 e. The second kappa shape index (κ2) is 7.28. The standard InChI is InChI=1S/C20H19N3O3S/c1-24-16-8-7-14(17(25-2)18(16)26-3)20-21-9-10-23(20)11-13-5-4-6-15-19(13)27-12-22-15/h4-10,12H,11H2,1-3H3. The second-order valence-electron chi connectivity index (χ2n) is 5.88. The minimum absolute atomic E-state index is 0.552. The zero-order chi connectivity index (χ0) is 18.8. The predicted octanol–water partition coefficient (Wildman–Crippen LogP) is 4.23. The van der Waals surface area contributed by atoms with Gasteiger partial charge in [0.25, 0.3) is 0 Å². The van der Waals surface area contributed by atoms with E-state index in [-0.39, 0.29) is 0 Å². The first kappa shape index (κ1) is 17.4. The molecule has 0 N–H and O–H groups in total. The van der Waals surface area contributed by atoms with Crippen LogP contribution in [0.15, 0.2) is 48.2 Å². The molecule has 2 aromatic carbocycles. The summed E-state index contributed by atoms with van der Waals surface area (Å²) in [5.74, 6) is 2.57. The van der Waals surface area contributed by atoms with Crippen molar-refractivity contribution in [3.8, 4) is 28.6 Å². The summed E-state index contributed by atoms with van der Waals surface area (Å²) in [7, 11) is 4.82. The van der Waals surface area contributed by atoms with Crippen molar-refractivity contribution in [1.29, 1.82) is 0 Å². The average molecular weight is 381 g/mol. The van der Waals surface area contributed by atoms with Crippen molar-refractivity contribution in [2.45, 2.75) is 6.54 Å². The summed E-state index contributed by atoms with van der Waals surface area (Å²) < 4.78 is 19.8. The van der Waals surface area contributed by atoms with Gasteiger partial charge in [-0.1, -0.05) is 12.1 Å². The molecule has 0 atom stereocenters. The van der Waals surface area contributed by atoms with Crippen molar-refractivity contribution in [3.05, 3.63) is 53.8 Å². The van der Waals surface area contributed by atoms with Gasteiger partial charge in [-0.25, -0.2) is 9.97 Å². The molecule has 27 heavy (non-hydrogen) atoms. The van der Waals surface area contributed by atoms with Crippen molar-refractivity contribution < 1.29 is 14.2 Å². The Hall–Kier alpha value is -3.06. The normalized spacial score (nSPS) is 10.9. The van der Waals surface area contributed by atoms with E-state index < -0.39 is 0 Å². The Morgan fingerprint density at radius 3 is 2.59 bits per heavy atom. The number of benzene rings is 2. The molecule has 0 saturated heterocycles. The van der Waals surface area contributed by atoms with Crippen LogP contribution in [0.4, 0.5) is 0 Å². The first-order valence-corrected chi connectivity index (χ1v) is 9.26. The van der Waals surface area contributed by atoms with Crippen LogP contribution >= 0.6 is 11.3 Å². The highest BCUT2D eigenvalue weighted by atomic mass is 32.1. The first-order valence-electron chi connectivity index (χ1n) is 8.38. The summed E-state index contributed by atoms with van der Waals surface area (Å²) in [5.41, 5.74) is 4.94. The number of hydrogen-bond donors (Lipinski definition) is 0. The van der Waals surface area contributed by atoms with E-state index in [4.69, 9.17) is 14.2 Å². The van der Waals surface area contributed by atoms with Crippen LogP contribution in [0.2, 0.25) is 0 Å². The van der Waals surface area contributed by atoms with Crippen LogP contribution in [0.25, 0.3) is 21.6 Å². The number of ether oxygens (including phenoxy) is 3. The molecule has 7 heteroatoms. The molecule has 0 fully saturated rings. The number of nitrogens with zero attached hydrogens (tertiary/aromatic N) is 3. The Kier molecular flexibility index (Phi) is 4.68. The molecule has 6 nitrogen and oxygen atoms in total. The Morgan fingerprint density at radius 2 is 1.81 bits per heavy atom. The molecular weight excluding hydrogens is 362 g/mol. The molecule has 0 unspecified atom stereocenters. The fourth-order valence-electron chi connectivity index (χ4n) is 3.21. The molecule has 0 spiro atoms. The topological polar surface area (TPSA) is 58.4 Å². The van der Waals surface area contributed by atoms with Gasteiger partial charge in [0.1, 0.15) is 5.82 Å². The van der Waals surface area contributed by atoms with E-state index in [9.17, 15) is 0 Å². The molecule has 0 amide bonds. The van der Waals surface area contributed by atoms with Crippen molar-refractivity contribution in [3.63, 3.8) is 0 Å². The van der Waals surface area contributed by atoms with Crippen molar-refractivity contribution in [1.82, 2.24) is 14.5 Å². The van der Waals surface area contributed by atoms with Gasteiger partial charge in [-0.3, -0.25) is 0 Å². The van der Waals surface area contributed by atoms with E-state index in [1.54, 1.807) is 38.9 Å². The number of rotatable bonds is 6. The fraction of sp³-hybridized carbons (Fsp3) is 0.200. The van der Waals surface area contributed by atoms with Crippen molar-refractivity contribution in [2.75, 3.05) is 21.3 Å². The molecule has 138 valence electrons. The zero-order valence-corrected chi connectivity index (χ0v) is 16.1. The van der Waals surface area contributed by atoms with Crippen LogP contribution in [0, 0.1) is 0 Å². The third kappa shape index (κ3) is 3.00. The third-order valence-electron chi connectivity index (χ3n) is 4.44. The molecule has 0 saturated carbocycles. The summed E-state index contributed by atoms with van der Waals surface area (Å²) in [5, 5.41) is 0. The van der Waals surface area contributed by atoms with Gasteiger partial charge in [-0.2, -0.15) is 0 Å². The van der Waals surface area contributed by atoms with E-state index in [1.165, 1.54) is 10.3 Å². The first-order chi connectivity index (χ1) is 13.3. The Bertz CT molecular complexity index is 1090. The van der Waals surface area contributed by atoms with Crippen LogP contribution in [-0.4, -0.2) is 35.9 Å². The Labute approximate surface area is 161 Å². The predicted molar refractivity (Wildman–Crippen MR) is 106 cm³/mol. The van der Waals surface area contributed by atoms with Crippen LogP contribution < -0.4 is 14.2 Å². The average Bonchev–Trinajstić information content (AvgIpc) is 3.36. The van der Waals surface area contributed by atoms with Gasteiger partial charge in [0.2, 0.25) is 5.75 Å². The molecule has 0 aliphatic carbocycles. The molecule has 0 bridgehead atoms. The summed E-state index contributed by atoms with van der Waals surface area (Å²) in [6, 6.07) is 9.98. The highest BCUT2D eigenvalue weighted by Crippen LogP contribution is 2.43. The van der Waals surface area contributed by atoms with Crippen LogP contribution in [0.1, 0.15) is 5.56 Å². The summed E-state index contributed by atoms with van der Waals surface area (Å²) in [6.45, 7) is 0.687. The van der Waals surface area contributed by atoms with Crippen molar-refractivity contribution >= 4 is 21.6 Å². The third-order valence-corrected chi connectivity index (χ3v) is 5.36. The second-order valence-corrected chi connectivity index (χ2v) is 6.73. The van der Waals surface area contributed by atoms with Gasteiger partial charge in [0, 0.05) is 12.4 Å².